The molecule has 0 radical (unpaired) electrons. The number of nitrogens with zero attached hydrogens (tertiary/aromatic N) is 5. The maximum absolute atomic E-state index is 14.1. The molecule has 0 saturated heterocycles. The number of hydrogen-bond acceptors (Lipinski definition) is 4. The van der Waals surface area contributed by atoms with Gasteiger partial charge in [-0.2, -0.15) is 10.2 Å². The minimum Gasteiger partial charge on any atom is -0.381 e. The van der Waals surface area contributed by atoms with Crippen LogP contribution in [0.4, 0.5) is 10.1 Å². The fraction of sp³-hybridized carbons (Fsp3) is 0.214. The zero-order valence-corrected chi connectivity index (χ0v) is 11.6. The molecule has 0 fully saturated rings. The van der Waals surface area contributed by atoms with Crippen LogP contribution in [-0.4, -0.2) is 24.5 Å². The Morgan fingerprint density at radius 3 is 2.86 bits per heavy atom. The van der Waals surface area contributed by atoms with Crippen LogP contribution in [0.15, 0.2) is 43.2 Å². The molecule has 2 aromatic heterocycles. The Morgan fingerprint density at radius 2 is 2.19 bits per heavy atom. The molecule has 2 heterocycles. The maximum Gasteiger partial charge on any atom is 0.150 e. The van der Waals surface area contributed by atoms with Crippen molar-refractivity contribution in [1.29, 1.82) is 0 Å². The van der Waals surface area contributed by atoms with Gasteiger partial charge in [0.1, 0.15) is 18.3 Å². The Morgan fingerprint density at radius 1 is 1.29 bits per heavy atom. The van der Waals surface area contributed by atoms with E-state index in [0.717, 1.165) is 12.1 Å². The predicted molar refractivity (Wildman–Crippen MR) is 76.5 cm³/mol. The first-order chi connectivity index (χ1) is 10.3. The molecule has 0 spiro atoms. The lowest BCUT2D eigenvalue weighted by Crippen LogP contribution is -2.02. The van der Waals surface area contributed by atoms with Crippen LogP contribution >= 0.6 is 0 Å². The minimum atomic E-state index is -0.352. The van der Waals surface area contributed by atoms with Crippen molar-refractivity contribution >= 4 is 5.69 Å². The summed E-state index contributed by atoms with van der Waals surface area (Å²) in [6.45, 7) is 3.46. The first-order valence-corrected chi connectivity index (χ1v) is 6.66. The van der Waals surface area contributed by atoms with Gasteiger partial charge in [0.05, 0.1) is 6.20 Å². The average Bonchev–Trinajstić information content (AvgIpc) is 3.16. The Bertz CT molecular complexity index is 719. The summed E-state index contributed by atoms with van der Waals surface area (Å²) in [5, 5.41) is 11.3. The number of aryl methyl sites for hydroxylation is 1. The zero-order chi connectivity index (χ0) is 14.7. The molecule has 0 aliphatic heterocycles. The van der Waals surface area contributed by atoms with Gasteiger partial charge in [-0.3, -0.25) is 4.68 Å². The van der Waals surface area contributed by atoms with E-state index in [2.05, 4.69) is 20.5 Å². The van der Waals surface area contributed by atoms with E-state index < -0.39 is 0 Å². The van der Waals surface area contributed by atoms with E-state index in [0.29, 0.717) is 17.9 Å². The first kappa shape index (κ1) is 13.3. The molecule has 3 rings (SSSR count). The summed E-state index contributed by atoms with van der Waals surface area (Å²) in [6.07, 6.45) is 6.60. The van der Waals surface area contributed by atoms with E-state index in [4.69, 9.17) is 0 Å². The van der Waals surface area contributed by atoms with E-state index >= 15 is 0 Å². The van der Waals surface area contributed by atoms with Gasteiger partial charge in [0.2, 0.25) is 0 Å². The summed E-state index contributed by atoms with van der Waals surface area (Å²) in [5.74, 6) is -0.352. The van der Waals surface area contributed by atoms with Gasteiger partial charge in [0.15, 0.2) is 5.82 Å². The number of aromatic nitrogens is 5. The summed E-state index contributed by atoms with van der Waals surface area (Å²) in [5.41, 5.74) is 2.13. The number of halogens is 1. The Hall–Kier alpha value is -2.70. The Kier molecular flexibility index (Phi) is 3.63. The van der Waals surface area contributed by atoms with Crippen LogP contribution in [-0.2, 0) is 13.1 Å². The maximum atomic E-state index is 14.1. The number of rotatable bonds is 5. The van der Waals surface area contributed by atoms with Crippen molar-refractivity contribution < 1.29 is 4.39 Å². The van der Waals surface area contributed by atoms with E-state index in [1.807, 2.05) is 23.9 Å². The lowest BCUT2D eigenvalue weighted by atomic mass is 10.2. The third-order valence-corrected chi connectivity index (χ3v) is 3.12. The van der Waals surface area contributed by atoms with Crippen LogP contribution in [0, 0.1) is 5.82 Å². The molecule has 1 aromatic carbocycles. The van der Waals surface area contributed by atoms with Crippen LogP contribution in [0.3, 0.4) is 0 Å². The van der Waals surface area contributed by atoms with E-state index in [1.165, 1.54) is 23.4 Å². The van der Waals surface area contributed by atoms with Crippen molar-refractivity contribution in [1.82, 2.24) is 24.5 Å². The highest BCUT2D eigenvalue weighted by Gasteiger charge is 2.06. The second kappa shape index (κ2) is 5.74. The second-order valence-electron chi connectivity index (χ2n) is 4.56. The Labute approximate surface area is 121 Å². The fourth-order valence-corrected chi connectivity index (χ4v) is 2.01. The third kappa shape index (κ3) is 2.91. The van der Waals surface area contributed by atoms with Gasteiger partial charge >= 0.3 is 0 Å². The zero-order valence-electron chi connectivity index (χ0n) is 11.6. The van der Waals surface area contributed by atoms with Gasteiger partial charge in [0.25, 0.3) is 0 Å². The van der Waals surface area contributed by atoms with E-state index in [9.17, 15) is 4.39 Å². The number of benzene rings is 1. The van der Waals surface area contributed by atoms with Gasteiger partial charge in [-0.25, -0.2) is 14.1 Å². The van der Waals surface area contributed by atoms with E-state index in [1.54, 1.807) is 12.3 Å². The number of anilines is 1. The summed E-state index contributed by atoms with van der Waals surface area (Å²) < 4.78 is 17.3. The first-order valence-electron chi connectivity index (χ1n) is 6.66. The lowest BCUT2D eigenvalue weighted by molar-refractivity contribution is 0.611. The van der Waals surface area contributed by atoms with Crippen LogP contribution in [0.5, 0.6) is 0 Å². The number of nitrogens with one attached hydrogen (secondary N) is 1. The lowest BCUT2D eigenvalue weighted by Gasteiger charge is -2.07. The molecule has 0 aliphatic carbocycles. The molecule has 6 nitrogen and oxygen atoms in total. The minimum absolute atomic E-state index is 0.352. The molecule has 7 heteroatoms. The van der Waals surface area contributed by atoms with Crippen molar-refractivity contribution in [2.45, 2.75) is 20.0 Å². The summed E-state index contributed by atoms with van der Waals surface area (Å²) in [4.78, 5) is 3.81. The second-order valence-corrected chi connectivity index (χ2v) is 4.56. The van der Waals surface area contributed by atoms with Crippen LogP contribution in [0.2, 0.25) is 0 Å². The summed E-state index contributed by atoms with van der Waals surface area (Å²) in [7, 11) is 0. The van der Waals surface area contributed by atoms with Crippen molar-refractivity contribution in [2.75, 3.05) is 5.32 Å². The van der Waals surface area contributed by atoms with Crippen molar-refractivity contribution in [3.05, 3.63) is 54.6 Å². The third-order valence-electron chi connectivity index (χ3n) is 3.12. The van der Waals surface area contributed by atoms with Crippen LogP contribution in [0.25, 0.3) is 5.69 Å². The highest BCUT2D eigenvalue weighted by molar-refractivity contribution is 5.49. The van der Waals surface area contributed by atoms with Gasteiger partial charge in [-0.05, 0) is 25.1 Å². The molecule has 3 aromatic rings. The van der Waals surface area contributed by atoms with Crippen LogP contribution in [0.1, 0.15) is 12.5 Å². The molecule has 0 unspecified atom stereocenters. The molecular formula is C14H15FN6. The fourth-order valence-electron chi connectivity index (χ4n) is 2.01. The summed E-state index contributed by atoms with van der Waals surface area (Å²) in [6, 6.07) is 4.92. The van der Waals surface area contributed by atoms with E-state index in [-0.39, 0.29) is 5.82 Å². The van der Waals surface area contributed by atoms with Crippen molar-refractivity contribution in [3.8, 4) is 5.69 Å². The molecule has 108 valence electrons. The topological polar surface area (TPSA) is 60.6 Å². The molecule has 0 saturated carbocycles. The van der Waals surface area contributed by atoms with Crippen LogP contribution < -0.4 is 5.32 Å². The smallest absolute Gasteiger partial charge is 0.150 e. The quantitative estimate of drug-likeness (QED) is 0.781. The monoisotopic (exact) mass is 286 g/mol. The molecule has 0 amide bonds. The Balaban J connectivity index is 1.70. The standard InChI is InChI=1S/C14H15FN6/c1-2-20-8-11(7-18-20)6-17-12-3-4-14(13(15)5-12)21-10-16-9-19-21/h3-5,7-10,17H,2,6H2,1H3. The van der Waals surface area contributed by atoms with Gasteiger partial charge in [0, 0.05) is 30.5 Å². The molecule has 21 heavy (non-hydrogen) atoms. The normalized spacial score (nSPS) is 10.8. The molecule has 0 aliphatic rings. The molecular weight excluding hydrogens is 271 g/mol. The van der Waals surface area contributed by atoms with Gasteiger partial charge in [-0.1, -0.05) is 0 Å². The molecule has 0 atom stereocenters. The van der Waals surface area contributed by atoms with Crippen molar-refractivity contribution in [2.24, 2.45) is 0 Å². The predicted octanol–water partition coefficient (Wildman–Crippen LogP) is 2.23. The highest BCUT2D eigenvalue weighted by Crippen LogP contribution is 2.18. The molecule has 1 N–H and O–H groups in total. The SMILES string of the molecule is CCn1cc(CNc2ccc(-n3cncn3)c(F)c2)cn1. The van der Waals surface area contributed by atoms with Gasteiger partial charge in [-0.15, -0.1) is 0 Å². The number of hydrogen-bond donors (Lipinski definition) is 1. The highest BCUT2D eigenvalue weighted by atomic mass is 19.1. The van der Waals surface area contributed by atoms with Crippen molar-refractivity contribution in [3.63, 3.8) is 0 Å². The molecule has 0 bridgehead atoms. The summed E-state index contributed by atoms with van der Waals surface area (Å²) >= 11 is 0. The van der Waals surface area contributed by atoms with Gasteiger partial charge < -0.3 is 5.32 Å². The largest absolute Gasteiger partial charge is 0.381 e. The average molecular weight is 286 g/mol.